The number of aromatic nitrogens is 2. The number of hydrogen-bond acceptors (Lipinski definition) is 5. The van der Waals surface area contributed by atoms with Crippen LogP contribution in [0.2, 0.25) is 0 Å². The Morgan fingerprint density at radius 3 is 2.62 bits per heavy atom. The molecule has 2 aromatic heterocycles. The molecule has 0 aliphatic heterocycles. The molecule has 7 heteroatoms. The quantitative estimate of drug-likeness (QED) is 0.214. The van der Waals surface area contributed by atoms with Crippen LogP contribution in [-0.4, -0.2) is 21.7 Å². The second kappa shape index (κ2) is 8.85. The Morgan fingerprint density at radius 2 is 1.84 bits per heavy atom. The summed E-state index contributed by atoms with van der Waals surface area (Å²) in [7, 11) is 0. The van der Waals surface area contributed by atoms with E-state index in [4.69, 9.17) is 16.9 Å². The lowest BCUT2D eigenvalue weighted by Gasteiger charge is -2.09. The van der Waals surface area contributed by atoms with Crippen molar-refractivity contribution < 1.29 is 4.79 Å². The first-order valence-electron chi connectivity index (χ1n) is 10.2. The number of benzene rings is 2. The van der Waals surface area contributed by atoms with Crippen LogP contribution < -0.4 is 16.8 Å². The standard InChI is InChI=1S/C25H24N6O/c1-15-8-19-9-16(3-5-23(19)30-13-15)10-20-12-18(6-7-29-20)25(32)31-14-17-2-4-21(24(27)28)22(26)11-17/h2-9,11-13H,10,14,26H2,1H3,(H3,27,28)(H,31,32). The summed E-state index contributed by atoms with van der Waals surface area (Å²) in [6.07, 6.45) is 4.13. The number of pyridine rings is 2. The number of fused-ring (bicyclic) bond motifs is 1. The zero-order valence-corrected chi connectivity index (χ0v) is 17.7. The van der Waals surface area contributed by atoms with E-state index in [-0.39, 0.29) is 11.7 Å². The zero-order chi connectivity index (χ0) is 22.7. The number of aryl methyl sites for hydroxylation is 1. The molecule has 0 atom stereocenters. The predicted octanol–water partition coefficient (Wildman–Crippen LogP) is 3.33. The summed E-state index contributed by atoms with van der Waals surface area (Å²) < 4.78 is 0. The Morgan fingerprint density at radius 1 is 1.03 bits per heavy atom. The van der Waals surface area contributed by atoms with Crippen LogP contribution in [0.15, 0.2) is 67.0 Å². The van der Waals surface area contributed by atoms with Gasteiger partial charge in [0.25, 0.3) is 5.91 Å². The van der Waals surface area contributed by atoms with Gasteiger partial charge in [-0.3, -0.25) is 20.2 Å². The lowest BCUT2D eigenvalue weighted by atomic mass is 10.0. The summed E-state index contributed by atoms with van der Waals surface area (Å²) in [6, 6.07) is 17.0. The van der Waals surface area contributed by atoms with E-state index < -0.39 is 0 Å². The highest BCUT2D eigenvalue weighted by atomic mass is 16.1. The van der Waals surface area contributed by atoms with Gasteiger partial charge in [-0.2, -0.15) is 0 Å². The molecule has 32 heavy (non-hydrogen) atoms. The van der Waals surface area contributed by atoms with Gasteiger partial charge < -0.3 is 16.8 Å². The second-order valence-corrected chi connectivity index (χ2v) is 7.77. The number of nitrogens with zero attached hydrogens (tertiary/aromatic N) is 2. The van der Waals surface area contributed by atoms with Crippen molar-refractivity contribution >= 4 is 28.3 Å². The van der Waals surface area contributed by atoms with E-state index in [1.807, 2.05) is 25.3 Å². The molecule has 0 spiro atoms. The van der Waals surface area contributed by atoms with Gasteiger partial charge in [0, 0.05) is 53.3 Å². The number of nitrogen functional groups attached to an aromatic ring is 2. The van der Waals surface area contributed by atoms with Crippen molar-refractivity contribution in [2.45, 2.75) is 19.9 Å². The molecular formula is C25H24N6O. The van der Waals surface area contributed by atoms with Crippen LogP contribution in [-0.2, 0) is 13.0 Å². The molecule has 4 rings (SSSR count). The normalized spacial score (nSPS) is 10.8. The maximum atomic E-state index is 12.7. The fourth-order valence-corrected chi connectivity index (χ4v) is 3.58. The fourth-order valence-electron chi connectivity index (χ4n) is 3.58. The zero-order valence-electron chi connectivity index (χ0n) is 17.7. The number of carbonyl (C=O) groups excluding carboxylic acids is 1. The van der Waals surface area contributed by atoms with Gasteiger partial charge in [0.2, 0.25) is 0 Å². The van der Waals surface area contributed by atoms with E-state index in [2.05, 4.69) is 27.4 Å². The first-order chi connectivity index (χ1) is 15.4. The van der Waals surface area contributed by atoms with Crippen molar-refractivity contribution in [2.75, 3.05) is 5.73 Å². The highest BCUT2D eigenvalue weighted by Gasteiger charge is 2.09. The Balaban J connectivity index is 1.45. The average Bonchev–Trinajstić information content (AvgIpc) is 2.77. The summed E-state index contributed by atoms with van der Waals surface area (Å²) in [5.74, 6) is -0.276. The summed E-state index contributed by atoms with van der Waals surface area (Å²) >= 11 is 0. The Kier molecular flexibility index (Phi) is 5.81. The minimum atomic E-state index is -0.193. The van der Waals surface area contributed by atoms with Gasteiger partial charge >= 0.3 is 0 Å². The van der Waals surface area contributed by atoms with Gasteiger partial charge in [0.1, 0.15) is 5.84 Å². The molecular weight excluding hydrogens is 400 g/mol. The largest absolute Gasteiger partial charge is 0.398 e. The van der Waals surface area contributed by atoms with Crippen LogP contribution in [0.1, 0.15) is 38.3 Å². The van der Waals surface area contributed by atoms with Gasteiger partial charge in [-0.05, 0) is 66.1 Å². The molecule has 0 aliphatic carbocycles. The third-order valence-electron chi connectivity index (χ3n) is 5.21. The van der Waals surface area contributed by atoms with E-state index in [1.54, 1.807) is 36.5 Å². The molecule has 2 heterocycles. The van der Waals surface area contributed by atoms with Crippen molar-refractivity contribution in [3.63, 3.8) is 0 Å². The summed E-state index contributed by atoms with van der Waals surface area (Å²) in [4.78, 5) is 21.5. The minimum Gasteiger partial charge on any atom is -0.398 e. The number of amides is 1. The van der Waals surface area contributed by atoms with Crippen LogP contribution in [0, 0.1) is 12.3 Å². The van der Waals surface area contributed by atoms with Crippen molar-refractivity contribution in [3.8, 4) is 0 Å². The van der Waals surface area contributed by atoms with Crippen molar-refractivity contribution in [1.82, 2.24) is 15.3 Å². The van der Waals surface area contributed by atoms with E-state index >= 15 is 0 Å². The van der Waals surface area contributed by atoms with Gasteiger partial charge in [-0.15, -0.1) is 0 Å². The van der Waals surface area contributed by atoms with Crippen LogP contribution in [0.3, 0.4) is 0 Å². The molecule has 0 radical (unpaired) electrons. The van der Waals surface area contributed by atoms with E-state index in [0.29, 0.717) is 29.8 Å². The molecule has 0 aliphatic rings. The van der Waals surface area contributed by atoms with Crippen molar-refractivity contribution in [2.24, 2.45) is 5.73 Å². The first kappa shape index (κ1) is 21.0. The van der Waals surface area contributed by atoms with Crippen molar-refractivity contribution in [3.05, 3.63) is 101 Å². The molecule has 0 bridgehead atoms. The lowest BCUT2D eigenvalue weighted by Crippen LogP contribution is -2.23. The molecule has 2 aromatic carbocycles. The number of nitrogens with one attached hydrogen (secondary N) is 2. The van der Waals surface area contributed by atoms with E-state index in [1.165, 1.54) is 0 Å². The molecule has 0 unspecified atom stereocenters. The Hall–Kier alpha value is -4.26. The second-order valence-electron chi connectivity index (χ2n) is 7.77. The van der Waals surface area contributed by atoms with Crippen LogP contribution in [0.25, 0.3) is 10.9 Å². The highest BCUT2D eigenvalue weighted by molar-refractivity contribution is 6.00. The Bertz CT molecular complexity index is 1330. The highest BCUT2D eigenvalue weighted by Crippen LogP contribution is 2.18. The van der Waals surface area contributed by atoms with Crippen molar-refractivity contribution in [1.29, 1.82) is 5.41 Å². The maximum absolute atomic E-state index is 12.7. The maximum Gasteiger partial charge on any atom is 0.251 e. The Labute approximate surface area is 186 Å². The molecule has 1 amide bonds. The molecule has 0 fully saturated rings. The van der Waals surface area contributed by atoms with Gasteiger partial charge in [0.15, 0.2) is 0 Å². The third-order valence-corrected chi connectivity index (χ3v) is 5.21. The minimum absolute atomic E-state index is 0.0831. The number of nitrogens with two attached hydrogens (primary N) is 2. The predicted molar refractivity (Wildman–Crippen MR) is 127 cm³/mol. The topological polar surface area (TPSA) is 131 Å². The number of hydrogen-bond donors (Lipinski definition) is 4. The molecule has 0 saturated carbocycles. The molecule has 7 nitrogen and oxygen atoms in total. The molecule has 0 saturated heterocycles. The van der Waals surface area contributed by atoms with E-state index in [9.17, 15) is 4.79 Å². The fraction of sp³-hybridized carbons (Fsp3) is 0.120. The summed E-state index contributed by atoms with van der Waals surface area (Å²) in [5.41, 5.74) is 17.7. The first-order valence-corrected chi connectivity index (χ1v) is 10.2. The SMILES string of the molecule is Cc1cnc2ccc(Cc3cc(C(=O)NCc4ccc(C(=N)N)c(N)c4)ccn3)cc2c1. The van der Waals surface area contributed by atoms with Crippen LogP contribution in [0.4, 0.5) is 5.69 Å². The molecule has 160 valence electrons. The smallest absolute Gasteiger partial charge is 0.251 e. The van der Waals surface area contributed by atoms with Gasteiger partial charge in [-0.1, -0.05) is 12.1 Å². The lowest BCUT2D eigenvalue weighted by molar-refractivity contribution is 0.0950. The summed E-state index contributed by atoms with van der Waals surface area (Å²) in [6.45, 7) is 2.34. The van der Waals surface area contributed by atoms with E-state index in [0.717, 1.165) is 33.3 Å². The van der Waals surface area contributed by atoms with Gasteiger partial charge in [-0.25, -0.2) is 0 Å². The monoisotopic (exact) mass is 424 g/mol. The van der Waals surface area contributed by atoms with Gasteiger partial charge in [0.05, 0.1) is 5.52 Å². The number of carbonyl (C=O) groups is 1. The average molecular weight is 425 g/mol. The number of anilines is 1. The van der Waals surface area contributed by atoms with Crippen LogP contribution >= 0.6 is 0 Å². The summed E-state index contributed by atoms with van der Waals surface area (Å²) in [5, 5.41) is 11.5. The van der Waals surface area contributed by atoms with Crippen LogP contribution in [0.5, 0.6) is 0 Å². The number of amidine groups is 1. The molecule has 4 aromatic rings. The third kappa shape index (κ3) is 4.73. The number of rotatable bonds is 6. The molecule has 6 N–H and O–H groups in total.